The Morgan fingerprint density at radius 1 is 1.03 bits per heavy atom. The average molecular weight is 464 g/mol. The number of anilines is 1. The molecule has 0 aliphatic heterocycles. The molecule has 0 bridgehead atoms. The monoisotopic (exact) mass is 463 g/mol. The van der Waals surface area contributed by atoms with E-state index in [2.05, 4.69) is 34.5 Å². The van der Waals surface area contributed by atoms with Crippen LogP contribution in [0.4, 0.5) is 5.82 Å². The molecule has 162 valence electrons. The van der Waals surface area contributed by atoms with Crippen LogP contribution in [0.2, 0.25) is 0 Å². The predicted molar refractivity (Wildman–Crippen MR) is 126 cm³/mol. The lowest BCUT2D eigenvalue weighted by Crippen LogP contribution is -2.07. The molecule has 0 amide bonds. The molecule has 0 radical (unpaired) electrons. The summed E-state index contributed by atoms with van der Waals surface area (Å²) in [7, 11) is -3.89. The van der Waals surface area contributed by atoms with Crippen molar-refractivity contribution < 1.29 is 8.42 Å². The van der Waals surface area contributed by atoms with Crippen molar-refractivity contribution in [3.63, 3.8) is 0 Å². The molecule has 0 unspecified atom stereocenters. The van der Waals surface area contributed by atoms with E-state index >= 15 is 0 Å². The summed E-state index contributed by atoms with van der Waals surface area (Å²) in [5, 5.41) is 14.2. The van der Waals surface area contributed by atoms with E-state index in [1.165, 1.54) is 4.52 Å². The molecule has 32 heavy (non-hydrogen) atoms. The molecule has 1 N–H and O–H groups in total. The summed E-state index contributed by atoms with van der Waals surface area (Å²) in [5.74, 6) is 0.905. The van der Waals surface area contributed by atoms with Crippen molar-refractivity contribution in [1.82, 2.24) is 19.8 Å². The van der Waals surface area contributed by atoms with E-state index in [1.807, 2.05) is 53.9 Å². The average Bonchev–Trinajstić information content (AvgIpc) is 3.47. The Morgan fingerprint density at radius 3 is 2.53 bits per heavy atom. The molecule has 0 aliphatic rings. The summed E-state index contributed by atoms with van der Waals surface area (Å²) in [5.41, 5.74) is 2.00. The Kier molecular flexibility index (Phi) is 5.15. The summed E-state index contributed by atoms with van der Waals surface area (Å²) in [6.07, 6.45) is 0. The largest absolute Gasteiger partial charge is 0.365 e. The Labute approximate surface area is 189 Å². The van der Waals surface area contributed by atoms with E-state index in [9.17, 15) is 8.42 Å². The summed E-state index contributed by atoms with van der Waals surface area (Å²) in [6.45, 7) is 4.72. The molecular formula is C23H21N5O2S2. The van der Waals surface area contributed by atoms with Crippen LogP contribution in [0.3, 0.4) is 0 Å². The molecule has 3 heterocycles. The first-order chi connectivity index (χ1) is 15.4. The van der Waals surface area contributed by atoms with Crippen molar-refractivity contribution in [2.24, 2.45) is 0 Å². The number of rotatable bonds is 6. The molecule has 0 saturated carbocycles. The number of nitrogens with zero attached hydrogens (tertiary/aromatic N) is 4. The standard InChI is InChI=1S/C23H21N5O2S2/c1-15(2)16-9-11-18(12-10-16)32(29,30)23-22-25-21(24-14-17-6-5-13-31-17)19-7-3-4-8-20(19)28(22)27-26-23/h3-13,15H,14H2,1-2H3,(H,24,25). The van der Waals surface area contributed by atoms with Gasteiger partial charge in [0.05, 0.1) is 17.0 Å². The minimum atomic E-state index is -3.89. The molecule has 5 aromatic rings. The smallest absolute Gasteiger partial charge is 0.229 e. The first kappa shape index (κ1) is 20.6. The molecular weight excluding hydrogens is 442 g/mol. The Balaban J connectivity index is 1.64. The zero-order chi connectivity index (χ0) is 22.3. The molecule has 0 atom stereocenters. The molecule has 0 saturated heterocycles. The number of sulfone groups is 1. The fraction of sp³-hybridized carbons (Fsp3) is 0.174. The maximum atomic E-state index is 13.4. The SMILES string of the molecule is CC(C)c1ccc(S(=O)(=O)c2nnn3c2nc(NCc2cccs2)c2ccccc23)cc1. The molecule has 7 nitrogen and oxygen atoms in total. The topological polar surface area (TPSA) is 89.2 Å². The second-order valence-corrected chi connectivity index (χ2v) is 10.7. The Morgan fingerprint density at radius 2 is 1.81 bits per heavy atom. The van der Waals surface area contributed by atoms with Gasteiger partial charge in [-0.3, -0.25) is 0 Å². The van der Waals surface area contributed by atoms with Crippen molar-refractivity contribution in [2.75, 3.05) is 5.32 Å². The van der Waals surface area contributed by atoms with Gasteiger partial charge in [-0.1, -0.05) is 49.4 Å². The second-order valence-electron chi connectivity index (χ2n) is 7.77. The summed E-state index contributed by atoms with van der Waals surface area (Å²) in [6, 6.07) is 18.5. The molecule has 9 heteroatoms. The van der Waals surface area contributed by atoms with Gasteiger partial charge in [-0.25, -0.2) is 13.4 Å². The van der Waals surface area contributed by atoms with Crippen LogP contribution in [0.1, 0.15) is 30.2 Å². The highest BCUT2D eigenvalue weighted by molar-refractivity contribution is 7.91. The molecule has 5 rings (SSSR count). The lowest BCUT2D eigenvalue weighted by molar-refractivity contribution is 0.592. The fourth-order valence-corrected chi connectivity index (χ4v) is 5.46. The number of hydrogen-bond donors (Lipinski definition) is 1. The molecule has 0 aliphatic carbocycles. The van der Waals surface area contributed by atoms with Gasteiger partial charge in [0.15, 0.2) is 5.65 Å². The third kappa shape index (κ3) is 3.53. The van der Waals surface area contributed by atoms with E-state index in [-0.39, 0.29) is 15.6 Å². The number of thiophene rings is 1. The number of fused-ring (bicyclic) bond motifs is 3. The van der Waals surface area contributed by atoms with E-state index < -0.39 is 9.84 Å². The Hall–Kier alpha value is -3.30. The predicted octanol–water partition coefficient (Wildman–Crippen LogP) is 4.91. The number of nitrogens with one attached hydrogen (secondary N) is 1. The molecule has 3 aromatic heterocycles. The fourth-order valence-electron chi connectivity index (χ4n) is 3.58. The molecule has 0 spiro atoms. The van der Waals surface area contributed by atoms with Gasteiger partial charge in [0.1, 0.15) is 5.82 Å². The summed E-state index contributed by atoms with van der Waals surface area (Å²) >= 11 is 1.64. The van der Waals surface area contributed by atoms with Gasteiger partial charge in [-0.2, -0.15) is 4.52 Å². The number of para-hydroxylation sites is 1. The summed E-state index contributed by atoms with van der Waals surface area (Å²) < 4.78 is 28.3. The van der Waals surface area contributed by atoms with Crippen LogP contribution >= 0.6 is 11.3 Å². The van der Waals surface area contributed by atoms with Gasteiger partial charge in [0.2, 0.25) is 14.9 Å². The van der Waals surface area contributed by atoms with Crippen molar-refractivity contribution in [3.8, 4) is 0 Å². The maximum Gasteiger partial charge on any atom is 0.229 e. The maximum absolute atomic E-state index is 13.4. The van der Waals surface area contributed by atoms with Gasteiger partial charge in [-0.15, -0.1) is 16.4 Å². The third-order valence-corrected chi connectivity index (χ3v) is 7.89. The number of aromatic nitrogens is 4. The van der Waals surface area contributed by atoms with Gasteiger partial charge in [-0.05, 0) is 47.2 Å². The van der Waals surface area contributed by atoms with Crippen molar-refractivity contribution in [1.29, 1.82) is 0 Å². The van der Waals surface area contributed by atoms with E-state index in [1.54, 1.807) is 23.5 Å². The summed E-state index contributed by atoms with van der Waals surface area (Å²) in [4.78, 5) is 5.98. The van der Waals surface area contributed by atoms with Crippen LogP contribution in [0.5, 0.6) is 0 Å². The highest BCUT2D eigenvalue weighted by Crippen LogP contribution is 2.29. The number of hydrogen-bond acceptors (Lipinski definition) is 7. The molecule has 0 fully saturated rings. The minimum Gasteiger partial charge on any atom is -0.365 e. The highest BCUT2D eigenvalue weighted by atomic mass is 32.2. The lowest BCUT2D eigenvalue weighted by Gasteiger charge is -2.10. The van der Waals surface area contributed by atoms with Crippen molar-refractivity contribution in [3.05, 3.63) is 76.5 Å². The first-order valence-corrected chi connectivity index (χ1v) is 12.6. The molecule has 2 aromatic carbocycles. The van der Waals surface area contributed by atoms with Gasteiger partial charge < -0.3 is 5.32 Å². The van der Waals surface area contributed by atoms with E-state index in [0.29, 0.717) is 18.3 Å². The van der Waals surface area contributed by atoms with Crippen LogP contribution in [-0.2, 0) is 16.4 Å². The van der Waals surface area contributed by atoms with Gasteiger partial charge >= 0.3 is 0 Å². The van der Waals surface area contributed by atoms with Crippen molar-refractivity contribution >= 4 is 43.5 Å². The van der Waals surface area contributed by atoms with Gasteiger partial charge in [0, 0.05) is 10.3 Å². The van der Waals surface area contributed by atoms with Crippen LogP contribution in [0.25, 0.3) is 16.6 Å². The highest BCUT2D eigenvalue weighted by Gasteiger charge is 2.27. The van der Waals surface area contributed by atoms with Crippen LogP contribution in [0, 0.1) is 0 Å². The quantitative estimate of drug-likeness (QED) is 0.385. The normalized spacial score (nSPS) is 12.1. The van der Waals surface area contributed by atoms with Crippen LogP contribution in [-0.4, -0.2) is 28.2 Å². The second kappa shape index (κ2) is 7.99. The Bertz CT molecular complexity index is 1510. The lowest BCUT2D eigenvalue weighted by atomic mass is 10.0. The van der Waals surface area contributed by atoms with E-state index in [4.69, 9.17) is 0 Å². The zero-order valence-corrected chi connectivity index (χ0v) is 19.2. The minimum absolute atomic E-state index is 0.153. The zero-order valence-electron chi connectivity index (χ0n) is 17.6. The third-order valence-electron chi connectivity index (χ3n) is 5.34. The van der Waals surface area contributed by atoms with Crippen LogP contribution < -0.4 is 5.32 Å². The van der Waals surface area contributed by atoms with Crippen molar-refractivity contribution in [2.45, 2.75) is 36.2 Å². The van der Waals surface area contributed by atoms with Gasteiger partial charge in [0.25, 0.3) is 0 Å². The first-order valence-electron chi connectivity index (χ1n) is 10.2. The van der Waals surface area contributed by atoms with Crippen LogP contribution in [0.15, 0.2) is 76.0 Å². The number of benzene rings is 2. The van der Waals surface area contributed by atoms with E-state index in [0.717, 1.165) is 21.3 Å².